The number of carbonyl (C=O) groups is 2. The molecule has 0 aliphatic heterocycles. The molecule has 0 spiro atoms. The van der Waals surface area contributed by atoms with E-state index in [1.165, 1.54) is 5.56 Å². The van der Waals surface area contributed by atoms with Crippen molar-refractivity contribution in [3.05, 3.63) is 64.9 Å². The number of benzene rings is 1. The van der Waals surface area contributed by atoms with Crippen molar-refractivity contribution in [1.82, 2.24) is 20.2 Å². The Morgan fingerprint density at radius 3 is 2.78 bits per heavy atom. The first-order valence-electron chi connectivity index (χ1n) is 11.1. The smallest absolute Gasteiger partial charge is 0.242 e. The summed E-state index contributed by atoms with van der Waals surface area (Å²) in [6, 6.07) is 11.7. The van der Waals surface area contributed by atoms with E-state index < -0.39 is 6.04 Å². The predicted octanol–water partition coefficient (Wildman–Crippen LogP) is 4.01. The van der Waals surface area contributed by atoms with Crippen LogP contribution in [0.25, 0.3) is 11.0 Å². The molecular formula is C25H29ClN4O2. The maximum atomic E-state index is 12.7. The Labute approximate surface area is 193 Å². The minimum absolute atomic E-state index is 0.0224. The molecule has 3 aromatic rings. The van der Waals surface area contributed by atoms with E-state index in [2.05, 4.69) is 39.9 Å². The summed E-state index contributed by atoms with van der Waals surface area (Å²) in [6.45, 7) is 2.05. The van der Waals surface area contributed by atoms with E-state index in [4.69, 9.17) is 11.6 Å². The highest BCUT2D eigenvalue weighted by Crippen LogP contribution is 2.33. The summed E-state index contributed by atoms with van der Waals surface area (Å²) in [6.07, 6.45) is 7.34. The van der Waals surface area contributed by atoms with Crippen molar-refractivity contribution in [3.63, 3.8) is 0 Å². The molecule has 1 saturated carbocycles. The first-order chi connectivity index (χ1) is 15.4. The number of aryl methyl sites for hydroxylation is 1. The summed E-state index contributed by atoms with van der Waals surface area (Å²) in [4.78, 5) is 29.7. The maximum absolute atomic E-state index is 12.7. The van der Waals surface area contributed by atoms with Gasteiger partial charge in [-0.1, -0.05) is 41.9 Å². The molecule has 4 rings (SSSR count). The van der Waals surface area contributed by atoms with Crippen molar-refractivity contribution in [1.29, 1.82) is 0 Å². The third kappa shape index (κ3) is 5.13. The molecule has 2 heterocycles. The van der Waals surface area contributed by atoms with Gasteiger partial charge in [0.1, 0.15) is 11.7 Å². The van der Waals surface area contributed by atoms with Gasteiger partial charge >= 0.3 is 0 Å². The summed E-state index contributed by atoms with van der Waals surface area (Å²) in [5.41, 5.74) is 2.97. The molecule has 1 aliphatic rings. The molecule has 1 unspecified atom stereocenters. The van der Waals surface area contributed by atoms with E-state index in [0.717, 1.165) is 42.3 Å². The van der Waals surface area contributed by atoms with Crippen LogP contribution in [0.2, 0.25) is 5.02 Å². The SMILES string of the molecule is C[C@H](NC(=O)[C@@H]1CCC(Cc2ccccc2)C1)C(=O)NCc1cnc2c(c1)c(Cl)cn2C. The molecule has 3 atom stereocenters. The number of rotatable bonds is 7. The lowest BCUT2D eigenvalue weighted by atomic mass is 9.96. The van der Waals surface area contributed by atoms with Crippen molar-refractivity contribution >= 4 is 34.4 Å². The number of pyridine rings is 1. The van der Waals surface area contributed by atoms with Crippen LogP contribution < -0.4 is 10.6 Å². The number of fused-ring (bicyclic) bond motifs is 1. The Morgan fingerprint density at radius 2 is 2.00 bits per heavy atom. The van der Waals surface area contributed by atoms with Gasteiger partial charge in [0, 0.05) is 37.3 Å². The molecule has 0 bridgehead atoms. The molecule has 7 heteroatoms. The normalized spacial score (nSPS) is 19.1. The van der Waals surface area contributed by atoms with Crippen LogP contribution in [0.15, 0.2) is 48.8 Å². The fourth-order valence-electron chi connectivity index (χ4n) is 4.54. The molecule has 6 nitrogen and oxygen atoms in total. The summed E-state index contributed by atoms with van der Waals surface area (Å²) in [5.74, 6) is 0.258. The Kier molecular flexibility index (Phi) is 6.80. The Hall–Kier alpha value is -2.86. The highest BCUT2D eigenvalue weighted by atomic mass is 35.5. The average molecular weight is 453 g/mol. The van der Waals surface area contributed by atoms with Crippen molar-refractivity contribution in [2.45, 2.75) is 45.2 Å². The third-order valence-electron chi connectivity index (χ3n) is 6.32. The number of nitrogens with zero attached hydrogens (tertiary/aromatic N) is 2. The molecule has 0 saturated heterocycles. The zero-order valence-electron chi connectivity index (χ0n) is 18.5. The van der Waals surface area contributed by atoms with Crippen LogP contribution in [-0.4, -0.2) is 27.4 Å². The first-order valence-corrected chi connectivity index (χ1v) is 11.5. The van der Waals surface area contributed by atoms with Crippen LogP contribution in [0.3, 0.4) is 0 Å². The summed E-state index contributed by atoms with van der Waals surface area (Å²) >= 11 is 6.24. The van der Waals surface area contributed by atoms with Gasteiger partial charge in [0.05, 0.1) is 5.02 Å². The van der Waals surface area contributed by atoms with Crippen LogP contribution in [0, 0.1) is 11.8 Å². The second-order valence-corrected chi connectivity index (χ2v) is 9.22. The van der Waals surface area contributed by atoms with Gasteiger partial charge in [0.2, 0.25) is 11.8 Å². The lowest BCUT2D eigenvalue weighted by Gasteiger charge is -2.17. The lowest BCUT2D eigenvalue weighted by Crippen LogP contribution is -2.46. The third-order valence-corrected chi connectivity index (χ3v) is 6.62. The Balaban J connectivity index is 1.25. The number of halogens is 1. The Morgan fingerprint density at radius 1 is 1.22 bits per heavy atom. The molecule has 32 heavy (non-hydrogen) atoms. The molecule has 1 aliphatic carbocycles. The highest BCUT2D eigenvalue weighted by Gasteiger charge is 2.31. The summed E-state index contributed by atoms with van der Waals surface area (Å²) in [5, 5.41) is 7.26. The van der Waals surface area contributed by atoms with E-state index in [-0.39, 0.29) is 17.7 Å². The largest absolute Gasteiger partial charge is 0.350 e. The van der Waals surface area contributed by atoms with Crippen molar-refractivity contribution < 1.29 is 9.59 Å². The molecular weight excluding hydrogens is 424 g/mol. The zero-order valence-corrected chi connectivity index (χ0v) is 19.2. The lowest BCUT2D eigenvalue weighted by molar-refractivity contribution is -0.130. The monoisotopic (exact) mass is 452 g/mol. The van der Waals surface area contributed by atoms with Gasteiger partial charge in [0.15, 0.2) is 0 Å². The standard InChI is InChI=1S/C25H29ClN4O2/c1-16(24(31)28-14-19-12-21-22(26)15-30(2)23(21)27-13-19)29-25(32)20-9-8-18(11-20)10-17-6-4-3-5-7-17/h3-7,12-13,15-16,18,20H,8-11,14H2,1-2H3,(H,28,31)(H,29,32)/t16-,18?,20+/m0/s1. The average Bonchev–Trinajstić information content (AvgIpc) is 3.37. The topological polar surface area (TPSA) is 76.0 Å². The Bertz CT molecular complexity index is 1110. The van der Waals surface area contributed by atoms with E-state index in [0.29, 0.717) is 17.5 Å². The highest BCUT2D eigenvalue weighted by molar-refractivity contribution is 6.35. The summed E-state index contributed by atoms with van der Waals surface area (Å²) in [7, 11) is 1.89. The predicted molar refractivity (Wildman–Crippen MR) is 126 cm³/mol. The van der Waals surface area contributed by atoms with Crippen LogP contribution in [0.4, 0.5) is 0 Å². The van der Waals surface area contributed by atoms with Gasteiger partial charge in [-0.3, -0.25) is 9.59 Å². The molecule has 2 aromatic heterocycles. The first kappa shape index (κ1) is 22.3. The maximum Gasteiger partial charge on any atom is 0.242 e. The number of amides is 2. The van der Waals surface area contributed by atoms with Gasteiger partial charge in [-0.15, -0.1) is 0 Å². The minimum atomic E-state index is -0.590. The number of aromatic nitrogens is 2. The molecule has 168 valence electrons. The fourth-order valence-corrected chi connectivity index (χ4v) is 4.83. The number of hydrogen-bond donors (Lipinski definition) is 2. The number of carbonyl (C=O) groups excluding carboxylic acids is 2. The van der Waals surface area contributed by atoms with Gasteiger partial charge < -0.3 is 15.2 Å². The second-order valence-electron chi connectivity index (χ2n) is 8.82. The van der Waals surface area contributed by atoms with Gasteiger partial charge in [-0.05, 0) is 55.7 Å². The van der Waals surface area contributed by atoms with E-state index in [1.807, 2.05) is 29.9 Å². The fraction of sp³-hybridized carbons (Fsp3) is 0.400. The van der Waals surface area contributed by atoms with Crippen LogP contribution in [0.1, 0.15) is 37.3 Å². The van der Waals surface area contributed by atoms with Crippen LogP contribution >= 0.6 is 11.6 Å². The zero-order chi connectivity index (χ0) is 22.7. The molecule has 0 radical (unpaired) electrons. The van der Waals surface area contributed by atoms with E-state index in [9.17, 15) is 9.59 Å². The molecule has 1 aromatic carbocycles. The summed E-state index contributed by atoms with van der Waals surface area (Å²) < 4.78 is 1.87. The molecule has 2 amide bonds. The number of hydrogen-bond acceptors (Lipinski definition) is 3. The quantitative estimate of drug-likeness (QED) is 0.568. The van der Waals surface area contributed by atoms with Gasteiger partial charge in [-0.25, -0.2) is 4.98 Å². The van der Waals surface area contributed by atoms with Crippen molar-refractivity contribution in [3.8, 4) is 0 Å². The second kappa shape index (κ2) is 9.74. The molecule has 2 N–H and O–H groups in total. The van der Waals surface area contributed by atoms with Gasteiger partial charge in [0.25, 0.3) is 0 Å². The minimum Gasteiger partial charge on any atom is -0.350 e. The number of nitrogens with one attached hydrogen (secondary N) is 2. The van der Waals surface area contributed by atoms with Crippen molar-refractivity contribution in [2.75, 3.05) is 0 Å². The van der Waals surface area contributed by atoms with Gasteiger partial charge in [-0.2, -0.15) is 0 Å². The van der Waals surface area contributed by atoms with E-state index >= 15 is 0 Å². The molecule has 1 fully saturated rings. The van der Waals surface area contributed by atoms with Crippen LogP contribution in [0.5, 0.6) is 0 Å². The van der Waals surface area contributed by atoms with Crippen molar-refractivity contribution in [2.24, 2.45) is 18.9 Å². The van der Waals surface area contributed by atoms with Crippen LogP contribution in [-0.2, 0) is 29.6 Å². The van der Waals surface area contributed by atoms with E-state index in [1.54, 1.807) is 13.1 Å².